The van der Waals surface area contributed by atoms with E-state index in [0.717, 1.165) is 19.0 Å². The number of hydrogen-bond acceptors (Lipinski definition) is 3. The molecule has 0 amide bonds. The summed E-state index contributed by atoms with van der Waals surface area (Å²) in [6.07, 6.45) is 6.68. The Morgan fingerprint density at radius 3 is 3.00 bits per heavy atom. The van der Waals surface area contributed by atoms with Gasteiger partial charge in [0.1, 0.15) is 0 Å². The number of nitrogens with zero attached hydrogens (tertiary/aromatic N) is 2. The third-order valence-electron chi connectivity index (χ3n) is 4.76. The summed E-state index contributed by atoms with van der Waals surface area (Å²) in [6, 6.07) is 9.89. The first-order valence-corrected chi connectivity index (χ1v) is 7.66. The van der Waals surface area contributed by atoms with Crippen LogP contribution >= 0.6 is 0 Å². The zero-order valence-corrected chi connectivity index (χ0v) is 11.9. The van der Waals surface area contributed by atoms with E-state index in [-0.39, 0.29) is 0 Å². The standard InChI is InChI=1S/C17H21N3/c1-12-9-19-16(14-5-6-14)11-20(12)17-4-2-3-13-7-8-18-10-15(13)17/h2-4,7-8,10,12,14,16,19H,5-6,9,11H2,1H3. The maximum atomic E-state index is 4.32. The van der Waals surface area contributed by atoms with Gasteiger partial charge in [0.25, 0.3) is 0 Å². The van der Waals surface area contributed by atoms with Gasteiger partial charge in [-0.25, -0.2) is 0 Å². The molecule has 1 N–H and O–H groups in total. The second-order valence-corrected chi connectivity index (χ2v) is 6.23. The van der Waals surface area contributed by atoms with E-state index in [0.29, 0.717) is 12.1 Å². The van der Waals surface area contributed by atoms with Gasteiger partial charge in [-0.2, -0.15) is 0 Å². The van der Waals surface area contributed by atoms with Crippen molar-refractivity contribution in [1.29, 1.82) is 0 Å². The molecule has 1 aliphatic heterocycles. The van der Waals surface area contributed by atoms with Crippen molar-refractivity contribution in [2.24, 2.45) is 5.92 Å². The normalized spacial score (nSPS) is 26.9. The lowest BCUT2D eigenvalue weighted by Crippen LogP contribution is -2.56. The van der Waals surface area contributed by atoms with Crippen molar-refractivity contribution in [2.45, 2.75) is 31.8 Å². The van der Waals surface area contributed by atoms with Crippen molar-refractivity contribution in [3.8, 4) is 0 Å². The number of piperazine rings is 1. The first kappa shape index (κ1) is 12.2. The minimum atomic E-state index is 0.538. The average Bonchev–Trinajstić information content (AvgIpc) is 3.32. The summed E-state index contributed by atoms with van der Waals surface area (Å²) in [6.45, 7) is 4.52. The summed E-state index contributed by atoms with van der Waals surface area (Å²) in [4.78, 5) is 6.89. The topological polar surface area (TPSA) is 28.2 Å². The van der Waals surface area contributed by atoms with Gasteiger partial charge < -0.3 is 10.2 Å². The maximum Gasteiger partial charge on any atom is 0.0464 e. The lowest BCUT2D eigenvalue weighted by molar-refractivity contribution is 0.376. The molecule has 2 heterocycles. The lowest BCUT2D eigenvalue weighted by Gasteiger charge is -2.41. The molecule has 1 aromatic heterocycles. The smallest absolute Gasteiger partial charge is 0.0464 e. The van der Waals surface area contributed by atoms with Gasteiger partial charge >= 0.3 is 0 Å². The fourth-order valence-corrected chi connectivity index (χ4v) is 3.39. The first-order valence-electron chi connectivity index (χ1n) is 7.66. The van der Waals surface area contributed by atoms with E-state index in [4.69, 9.17) is 0 Å². The van der Waals surface area contributed by atoms with Crippen molar-refractivity contribution >= 4 is 16.5 Å². The Kier molecular flexibility index (Phi) is 2.88. The Morgan fingerprint density at radius 1 is 1.25 bits per heavy atom. The Bertz CT molecular complexity index is 615. The molecule has 1 saturated heterocycles. The molecule has 0 bridgehead atoms. The zero-order chi connectivity index (χ0) is 13.5. The summed E-state index contributed by atoms with van der Waals surface area (Å²) >= 11 is 0. The predicted octanol–water partition coefficient (Wildman–Crippen LogP) is 2.81. The third-order valence-corrected chi connectivity index (χ3v) is 4.76. The molecule has 2 aliphatic rings. The van der Waals surface area contributed by atoms with Gasteiger partial charge in [0.15, 0.2) is 0 Å². The van der Waals surface area contributed by atoms with Gasteiger partial charge in [-0.05, 0) is 43.2 Å². The quantitative estimate of drug-likeness (QED) is 0.907. The summed E-state index contributed by atoms with van der Waals surface area (Å²) in [5, 5.41) is 6.28. The molecular weight excluding hydrogens is 246 g/mol. The van der Waals surface area contributed by atoms with Crippen LogP contribution in [0, 0.1) is 5.92 Å². The van der Waals surface area contributed by atoms with Crippen LogP contribution in [-0.2, 0) is 0 Å². The minimum Gasteiger partial charge on any atom is -0.365 e. The summed E-state index contributed by atoms with van der Waals surface area (Å²) in [7, 11) is 0. The largest absolute Gasteiger partial charge is 0.365 e. The fourth-order valence-electron chi connectivity index (χ4n) is 3.39. The predicted molar refractivity (Wildman–Crippen MR) is 83.1 cm³/mol. The summed E-state index contributed by atoms with van der Waals surface area (Å²) < 4.78 is 0. The molecule has 1 aromatic carbocycles. The van der Waals surface area contributed by atoms with E-state index in [1.165, 1.54) is 29.3 Å². The first-order chi connectivity index (χ1) is 9.83. The van der Waals surface area contributed by atoms with Crippen LogP contribution in [0.25, 0.3) is 10.8 Å². The number of pyridine rings is 1. The highest BCUT2D eigenvalue weighted by molar-refractivity contribution is 5.93. The molecule has 3 nitrogen and oxygen atoms in total. The van der Waals surface area contributed by atoms with Crippen molar-refractivity contribution in [2.75, 3.05) is 18.0 Å². The Hall–Kier alpha value is -1.61. The molecule has 0 spiro atoms. The number of hydrogen-bond donors (Lipinski definition) is 1. The van der Waals surface area contributed by atoms with Crippen LogP contribution in [0.4, 0.5) is 5.69 Å². The molecule has 2 fully saturated rings. The zero-order valence-electron chi connectivity index (χ0n) is 11.9. The van der Waals surface area contributed by atoms with Crippen LogP contribution in [0.1, 0.15) is 19.8 Å². The highest BCUT2D eigenvalue weighted by Crippen LogP contribution is 2.36. The number of rotatable bonds is 2. The average molecular weight is 267 g/mol. The second kappa shape index (κ2) is 4.74. The van der Waals surface area contributed by atoms with Crippen molar-refractivity contribution in [3.63, 3.8) is 0 Å². The van der Waals surface area contributed by atoms with Gasteiger partial charge in [-0.3, -0.25) is 4.98 Å². The third kappa shape index (κ3) is 2.06. The molecule has 0 radical (unpaired) electrons. The molecule has 3 heteroatoms. The molecular formula is C17H21N3. The molecule has 1 saturated carbocycles. The summed E-state index contributed by atoms with van der Waals surface area (Å²) in [5.41, 5.74) is 1.34. The van der Waals surface area contributed by atoms with E-state index in [9.17, 15) is 0 Å². The van der Waals surface area contributed by atoms with Crippen molar-refractivity contribution in [1.82, 2.24) is 10.3 Å². The highest BCUT2D eigenvalue weighted by Gasteiger charge is 2.36. The number of anilines is 1. The molecule has 1 aliphatic carbocycles. The molecule has 2 atom stereocenters. The lowest BCUT2D eigenvalue weighted by atomic mass is 10.0. The molecule has 2 aromatic rings. The fraction of sp³-hybridized carbons (Fsp3) is 0.471. The van der Waals surface area contributed by atoms with Crippen LogP contribution in [-0.4, -0.2) is 30.2 Å². The van der Waals surface area contributed by atoms with Gasteiger partial charge in [0.2, 0.25) is 0 Å². The van der Waals surface area contributed by atoms with Crippen LogP contribution in [0.2, 0.25) is 0 Å². The van der Waals surface area contributed by atoms with E-state index in [2.05, 4.69) is 46.4 Å². The Balaban J connectivity index is 1.72. The molecule has 104 valence electrons. The van der Waals surface area contributed by atoms with E-state index in [1.54, 1.807) is 0 Å². The van der Waals surface area contributed by atoms with Crippen LogP contribution < -0.4 is 10.2 Å². The highest BCUT2D eigenvalue weighted by atomic mass is 15.2. The SMILES string of the molecule is CC1CNC(C2CC2)CN1c1cccc2ccncc12. The van der Waals surface area contributed by atoms with Crippen molar-refractivity contribution < 1.29 is 0 Å². The molecule has 20 heavy (non-hydrogen) atoms. The van der Waals surface area contributed by atoms with E-state index < -0.39 is 0 Å². The number of benzene rings is 1. The van der Waals surface area contributed by atoms with Gasteiger partial charge in [0, 0.05) is 48.6 Å². The number of aromatic nitrogens is 1. The second-order valence-electron chi connectivity index (χ2n) is 6.23. The molecule has 4 rings (SSSR count). The van der Waals surface area contributed by atoms with Crippen LogP contribution in [0.3, 0.4) is 0 Å². The minimum absolute atomic E-state index is 0.538. The van der Waals surface area contributed by atoms with Crippen LogP contribution in [0.5, 0.6) is 0 Å². The van der Waals surface area contributed by atoms with Crippen LogP contribution in [0.15, 0.2) is 36.7 Å². The van der Waals surface area contributed by atoms with Gasteiger partial charge in [-0.1, -0.05) is 12.1 Å². The van der Waals surface area contributed by atoms with E-state index >= 15 is 0 Å². The Morgan fingerprint density at radius 2 is 2.15 bits per heavy atom. The maximum absolute atomic E-state index is 4.32. The van der Waals surface area contributed by atoms with Gasteiger partial charge in [-0.15, -0.1) is 0 Å². The Labute approximate surface area is 120 Å². The summed E-state index contributed by atoms with van der Waals surface area (Å²) in [5.74, 6) is 0.901. The van der Waals surface area contributed by atoms with E-state index in [1.807, 2.05) is 12.4 Å². The monoisotopic (exact) mass is 267 g/mol. The molecule has 2 unspecified atom stereocenters. The number of fused-ring (bicyclic) bond motifs is 1. The van der Waals surface area contributed by atoms with Crippen molar-refractivity contribution in [3.05, 3.63) is 36.7 Å². The van der Waals surface area contributed by atoms with Gasteiger partial charge in [0.05, 0.1) is 0 Å². The number of nitrogens with one attached hydrogen (secondary N) is 1.